The van der Waals surface area contributed by atoms with Gasteiger partial charge in [0.2, 0.25) is 0 Å². The number of halogens is 1. The predicted octanol–water partition coefficient (Wildman–Crippen LogP) is -0.792. The van der Waals surface area contributed by atoms with Crippen LogP contribution < -0.4 is 5.69 Å². The molecule has 1 aliphatic heterocycles. The number of alkyl halides is 1. The second-order valence-electron chi connectivity index (χ2n) is 6.00. The summed E-state index contributed by atoms with van der Waals surface area (Å²) in [6.45, 7) is -2.83. The Hall–Kier alpha value is -0.680. The molecular weight excluding hydrogens is 516 g/mol. The SMILES string of the molecule is O=c1[nH]c(=S)ccn1[C@@H]1O[C@H](COP(=O)(O)OP(=O)(O)OP(=O)(O)O)[C@H](O)C1(O)CF. The zero-order valence-electron chi connectivity index (χ0n) is 14.8. The highest BCUT2D eigenvalue weighted by atomic mass is 32.1. The van der Waals surface area contributed by atoms with Crippen molar-refractivity contribution in [3.05, 3.63) is 27.4 Å². The summed E-state index contributed by atoms with van der Waals surface area (Å²) in [4.78, 5) is 49.6. The van der Waals surface area contributed by atoms with Crippen LogP contribution in [0.25, 0.3) is 0 Å². The van der Waals surface area contributed by atoms with E-state index in [0.717, 1.165) is 6.20 Å². The van der Waals surface area contributed by atoms with Gasteiger partial charge in [-0.1, -0.05) is 12.2 Å². The Morgan fingerprint density at radius 2 is 1.84 bits per heavy atom. The van der Waals surface area contributed by atoms with Crippen LogP contribution in [0.2, 0.25) is 0 Å². The Balaban J connectivity index is 2.18. The lowest BCUT2D eigenvalue weighted by atomic mass is 9.95. The summed E-state index contributed by atoms with van der Waals surface area (Å²) in [5, 5.41) is 20.6. The van der Waals surface area contributed by atoms with Gasteiger partial charge in [-0.05, 0) is 6.07 Å². The molecule has 7 N–H and O–H groups in total. The third-order valence-electron chi connectivity index (χ3n) is 3.73. The lowest BCUT2D eigenvalue weighted by molar-refractivity contribution is -0.121. The normalized spacial score (nSPS) is 30.6. The first-order valence-corrected chi connectivity index (χ1v) is 12.6. The Labute approximate surface area is 176 Å². The number of aromatic amines is 1. The lowest BCUT2D eigenvalue weighted by Crippen LogP contribution is -2.50. The number of phosphoric ester groups is 1. The Morgan fingerprint density at radius 3 is 2.35 bits per heavy atom. The zero-order valence-corrected chi connectivity index (χ0v) is 18.3. The topological polar surface area (TPSA) is 247 Å². The summed E-state index contributed by atoms with van der Waals surface area (Å²) < 4.78 is 64.3. The van der Waals surface area contributed by atoms with E-state index in [9.17, 15) is 38.0 Å². The average molecular weight is 532 g/mol. The number of aromatic nitrogens is 2. The van der Waals surface area contributed by atoms with Crippen molar-refractivity contribution >= 4 is 35.7 Å². The van der Waals surface area contributed by atoms with Gasteiger partial charge in [0.05, 0.1) is 6.61 Å². The number of ether oxygens (including phenoxy) is 1. The standard InChI is InChI=1S/C10H16FN2O14P3S/c11-4-10(16)7(14)5(25-8(10)13-2-1-6(31)12-9(13)15)3-24-29(20,21)27-30(22,23)26-28(17,18)19/h1-2,5,7-8,14,16H,3-4H2,(H,20,21)(H,22,23)(H,12,15,31)(H2,17,18,19)/t5-,7+,8-,10?/m1/s1. The second kappa shape index (κ2) is 9.29. The number of rotatable bonds is 9. The van der Waals surface area contributed by atoms with Gasteiger partial charge in [-0.2, -0.15) is 8.62 Å². The summed E-state index contributed by atoms with van der Waals surface area (Å²) in [6, 6.07) is 1.19. The van der Waals surface area contributed by atoms with Gasteiger partial charge in [0, 0.05) is 6.20 Å². The third kappa shape index (κ3) is 6.66. The molecular formula is C10H16FN2O14P3S. The summed E-state index contributed by atoms with van der Waals surface area (Å²) in [5.74, 6) is 0. The van der Waals surface area contributed by atoms with E-state index in [-0.39, 0.29) is 4.64 Å². The fraction of sp³-hybridized carbons (Fsp3) is 0.600. The van der Waals surface area contributed by atoms with Gasteiger partial charge in [0.15, 0.2) is 11.8 Å². The maximum absolute atomic E-state index is 13.5. The van der Waals surface area contributed by atoms with Gasteiger partial charge in [0.1, 0.15) is 23.5 Å². The molecule has 2 rings (SSSR count). The molecule has 3 unspecified atom stereocenters. The fourth-order valence-electron chi connectivity index (χ4n) is 2.49. The van der Waals surface area contributed by atoms with E-state index in [1.54, 1.807) is 0 Å². The molecule has 1 aromatic rings. The number of aliphatic hydroxyl groups is 2. The highest BCUT2D eigenvalue weighted by Gasteiger charge is 2.57. The number of hydrogen-bond acceptors (Lipinski definition) is 11. The molecule has 0 amide bonds. The van der Waals surface area contributed by atoms with Gasteiger partial charge in [-0.15, -0.1) is 0 Å². The summed E-state index contributed by atoms with van der Waals surface area (Å²) >= 11 is 4.73. The van der Waals surface area contributed by atoms with Crippen molar-refractivity contribution < 1.29 is 65.8 Å². The Morgan fingerprint density at radius 1 is 1.23 bits per heavy atom. The van der Waals surface area contributed by atoms with Crippen LogP contribution >= 0.6 is 35.7 Å². The number of phosphoric acid groups is 3. The lowest BCUT2D eigenvalue weighted by Gasteiger charge is -2.28. The molecule has 0 saturated carbocycles. The van der Waals surface area contributed by atoms with Crippen molar-refractivity contribution in [2.75, 3.05) is 13.3 Å². The van der Waals surface area contributed by atoms with Gasteiger partial charge in [0.25, 0.3) is 0 Å². The van der Waals surface area contributed by atoms with Gasteiger partial charge >= 0.3 is 29.2 Å². The number of nitrogens with zero attached hydrogens (tertiary/aromatic N) is 1. The smallest absolute Gasteiger partial charge is 0.387 e. The molecule has 0 radical (unpaired) electrons. The number of nitrogens with one attached hydrogen (secondary N) is 1. The van der Waals surface area contributed by atoms with E-state index in [0.29, 0.717) is 4.57 Å². The van der Waals surface area contributed by atoms with E-state index < -0.39 is 66.5 Å². The van der Waals surface area contributed by atoms with Gasteiger partial charge in [-0.25, -0.2) is 22.9 Å². The molecule has 6 atom stereocenters. The molecule has 1 aliphatic rings. The van der Waals surface area contributed by atoms with E-state index in [1.165, 1.54) is 6.07 Å². The van der Waals surface area contributed by atoms with Crippen LogP contribution in [0.1, 0.15) is 6.23 Å². The van der Waals surface area contributed by atoms with E-state index in [4.69, 9.17) is 31.6 Å². The van der Waals surface area contributed by atoms with Crippen molar-refractivity contribution in [3.8, 4) is 0 Å². The molecule has 178 valence electrons. The largest absolute Gasteiger partial charge is 0.490 e. The molecule has 1 saturated heterocycles. The predicted molar refractivity (Wildman–Crippen MR) is 96.5 cm³/mol. The van der Waals surface area contributed by atoms with Crippen molar-refractivity contribution in [2.45, 2.75) is 24.0 Å². The number of hydrogen-bond donors (Lipinski definition) is 7. The van der Waals surface area contributed by atoms with Crippen LogP contribution in [0.5, 0.6) is 0 Å². The maximum Gasteiger partial charge on any atom is 0.490 e. The minimum atomic E-state index is -5.79. The highest BCUT2D eigenvalue weighted by Crippen LogP contribution is 2.66. The Bertz CT molecular complexity index is 1070. The molecule has 2 heterocycles. The molecule has 16 nitrogen and oxygen atoms in total. The van der Waals surface area contributed by atoms with Crippen molar-refractivity contribution in [1.29, 1.82) is 0 Å². The van der Waals surface area contributed by atoms with Crippen LogP contribution in [-0.2, 0) is 31.6 Å². The minimum absolute atomic E-state index is 0.00667. The molecule has 31 heavy (non-hydrogen) atoms. The first-order valence-electron chi connectivity index (χ1n) is 7.71. The van der Waals surface area contributed by atoms with Gasteiger partial charge < -0.3 is 34.5 Å². The van der Waals surface area contributed by atoms with Crippen molar-refractivity contribution in [1.82, 2.24) is 9.55 Å². The molecule has 0 spiro atoms. The second-order valence-corrected chi connectivity index (χ2v) is 10.9. The van der Waals surface area contributed by atoms with E-state index in [1.807, 2.05) is 0 Å². The van der Waals surface area contributed by atoms with E-state index in [2.05, 4.69) is 18.1 Å². The van der Waals surface area contributed by atoms with Crippen LogP contribution in [0.15, 0.2) is 17.1 Å². The summed E-state index contributed by atoms with van der Waals surface area (Å²) in [5.41, 5.74) is -3.68. The molecule has 0 aromatic carbocycles. The molecule has 0 bridgehead atoms. The van der Waals surface area contributed by atoms with E-state index >= 15 is 0 Å². The van der Waals surface area contributed by atoms with Crippen LogP contribution in [0.3, 0.4) is 0 Å². The molecule has 1 fully saturated rings. The quantitative estimate of drug-likeness (QED) is 0.152. The minimum Gasteiger partial charge on any atom is -0.387 e. The monoisotopic (exact) mass is 532 g/mol. The zero-order chi connectivity index (χ0) is 23.8. The third-order valence-corrected chi connectivity index (χ3v) is 7.77. The van der Waals surface area contributed by atoms with Crippen LogP contribution in [0, 0.1) is 4.64 Å². The van der Waals surface area contributed by atoms with Crippen molar-refractivity contribution in [3.63, 3.8) is 0 Å². The molecule has 21 heteroatoms. The van der Waals surface area contributed by atoms with Crippen molar-refractivity contribution in [2.24, 2.45) is 0 Å². The first-order chi connectivity index (χ1) is 14.0. The highest BCUT2D eigenvalue weighted by molar-refractivity contribution is 7.71. The maximum atomic E-state index is 13.5. The summed E-state index contributed by atoms with van der Waals surface area (Å²) in [6.07, 6.45) is -4.78. The molecule has 0 aliphatic carbocycles. The van der Waals surface area contributed by atoms with Gasteiger partial charge in [-0.3, -0.25) is 14.1 Å². The number of H-pyrrole nitrogens is 1. The van der Waals surface area contributed by atoms with Crippen LogP contribution in [-0.4, -0.2) is 70.4 Å². The summed E-state index contributed by atoms with van der Waals surface area (Å²) in [7, 11) is -17.0. The Kier molecular flexibility index (Phi) is 7.96. The van der Waals surface area contributed by atoms with Crippen LogP contribution in [0.4, 0.5) is 4.39 Å². The molecule has 1 aromatic heterocycles. The first kappa shape index (κ1) is 26.6. The average Bonchev–Trinajstić information content (AvgIpc) is 2.82. The fourth-order valence-corrected chi connectivity index (χ4v) is 5.67. The number of aliphatic hydroxyl groups excluding tert-OH is 1.